The lowest BCUT2D eigenvalue weighted by atomic mass is 10.1. The molecule has 1 amide bonds. The highest BCUT2D eigenvalue weighted by atomic mass is 16.4. The van der Waals surface area contributed by atoms with Crippen LogP contribution < -0.4 is 10.6 Å². The number of amides is 1. The first-order valence-electron chi connectivity index (χ1n) is 7.48. The van der Waals surface area contributed by atoms with Gasteiger partial charge in [-0.3, -0.25) is 9.59 Å². The molecule has 1 aliphatic rings. The van der Waals surface area contributed by atoms with Crippen molar-refractivity contribution in [3.8, 4) is 0 Å². The molecule has 2 rings (SSSR count). The molecule has 6 heteroatoms. The van der Waals surface area contributed by atoms with Gasteiger partial charge in [-0.05, 0) is 44.5 Å². The largest absolute Gasteiger partial charge is 0.481 e. The summed E-state index contributed by atoms with van der Waals surface area (Å²) >= 11 is 0. The van der Waals surface area contributed by atoms with Gasteiger partial charge in [0.25, 0.3) is 5.91 Å². The van der Waals surface area contributed by atoms with E-state index in [9.17, 15) is 9.59 Å². The Labute approximate surface area is 124 Å². The van der Waals surface area contributed by atoms with Crippen LogP contribution in [0.25, 0.3) is 0 Å². The number of carbonyl (C=O) groups is 2. The molecule has 0 aromatic carbocycles. The molecule has 1 unspecified atom stereocenters. The van der Waals surface area contributed by atoms with Gasteiger partial charge in [-0.15, -0.1) is 0 Å². The van der Waals surface area contributed by atoms with Gasteiger partial charge in [0.05, 0.1) is 5.92 Å². The van der Waals surface area contributed by atoms with Crippen LogP contribution in [0.5, 0.6) is 0 Å². The van der Waals surface area contributed by atoms with E-state index in [1.54, 1.807) is 6.92 Å². The summed E-state index contributed by atoms with van der Waals surface area (Å²) in [5.41, 5.74) is 0.657. The summed E-state index contributed by atoms with van der Waals surface area (Å²) in [5, 5.41) is 14.9. The summed E-state index contributed by atoms with van der Waals surface area (Å²) in [6.45, 7) is 3.97. The fourth-order valence-corrected chi connectivity index (χ4v) is 2.61. The van der Waals surface area contributed by atoms with Crippen molar-refractivity contribution >= 4 is 11.9 Å². The van der Waals surface area contributed by atoms with Crippen LogP contribution in [0.15, 0.2) is 18.3 Å². The molecule has 0 saturated carbocycles. The number of nitrogens with zero attached hydrogens (tertiary/aromatic N) is 1. The van der Waals surface area contributed by atoms with E-state index < -0.39 is 11.9 Å². The molecule has 0 bridgehead atoms. The lowest BCUT2D eigenvalue weighted by molar-refractivity contribution is -0.141. The number of piperidine rings is 1. The Hall–Kier alpha value is -1.82. The molecule has 6 nitrogen and oxygen atoms in total. The van der Waals surface area contributed by atoms with E-state index in [-0.39, 0.29) is 5.91 Å². The monoisotopic (exact) mass is 293 g/mol. The smallest absolute Gasteiger partial charge is 0.306 e. The van der Waals surface area contributed by atoms with E-state index in [1.165, 1.54) is 0 Å². The number of hydrogen-bond donors (Lipinski definition) is 3. The van der Waals surface area contributed by atoms with Gasteiger partial charge in [-0.1, -0.05) is 6.92 Å². The molecular formula is C15H23N3O3. The molecule has 116 valence electrons. The van der Waals surface area contributed by atoms with E-state index in [0.717, 1.165) is 25.9 Å². The molecule has 3 N–H and O–H groups in total. The van der Waals surface area contributed by atoms with E-state index >= 15 is 0 Å². The zero-order chi connectivity index (χ0) is 15.2. The average Bonchev–Trinajstić information content (AvgIpc) is 2.97. The third-order valence-corrected chi connectivity index (χ3v) is 4.00. The van der Waals surface area contributed by atoms with Crippen LogP contribution in [-0.4, -0.2) is 41.2 Å². The highest BCUT2D eigenvalue weighted by Crippen LogP contribution is 2.21. The fourth-order valence-electron chi connectivity index (χ4n) is 2.61. The normalized spacial score (nSPS) is 17.4. The van der Waals surface area contributed by atoms with Crippen LogP contribution in [0.4, 0.5) is 0 Å². The predicted octanol–water partition coefficient (Wildman–Crippen LogP) is 1.25. The molecule has 1 fully saturated rings. The number of hydrogen-bond acceptors (Lipinski definition) is 3. The van der Waals surface area contributed by atoms with Crippen molar-refractivity contribution in [2.45, 2.75) is 32.2 Å². The second kappa shape index (κ2) is 7.26. The second-order valence-electron chi connectivity index (χ2n) is 5.57. The Morgan fingerprint density at radius 2 is 2.19 bits per heavy atom. The van der Waals surface area contributed by atoms with E-state index in [2.05, 4.69) is 10.6 Å². The van der Waals surface area contributed by atoms with Gasteiger partial charge in [-0.2, -0.15) is 0 Å². The third kappa shape index (κ3) is 4.07. The predicted molar refractivity (Wildman–Crippen MR) is 79.3 cm³/mol. The van der Waals surface area contributed by atoms with Crippen molar-refractivity contribution in [2.75, 3.05) is 19.6 Å². The zero-order valence-corrected chi connectivity index (χ0v) is 12.3. The Morgan fingerprint density at radius 1 is 1.48 bits per heavy atom. The molecule has 1 aromatic heterocycles. The SMILES string of the molecule is CC(CCNC(=O)c1cccn1C1CCNCC1)C(=O)O. The average molecular weight is 293 g/mol. The van der Waals surface area contributed by atoms with Crippen molar-refractivity contribution < 1.29 is 14.7 Å². The highest BCUT2D eigenvalue weighted by molar-refractivity contribution is 5.92. The standard InChI is InChI=1S/C15H23N3O3/c1-11(15(20)21)4-9-17-14(19)13-3-2-10-18(13)12-5-7-16-8-6-12/h2-3,10-12,16H,4-9H2,1H3,(H,17,19)(H,20,21). The minimum absolute atomic E-state index is 0.129. The van der Waals surface area contributed by atoms with Gasteiger partial charge in [0, 0.05) is 18.8 Å². The fraction of sp³-hybridized carbons (Fsp3) is 0.600. The van der Waals surface area contributed by atoms with Crippen LogP contribution in [-0.2, 0) is 4.79 Å². The maximum absolute atomic E-state index is 12.2. The maximum Gasteiger partial charge on any atom is 0.306 e. The van der Waals surface area contributed by atoms with Crippen molar-refractivity contribution in [1.82, 2.24) is 15.2 Å². The van der Waals surface area contributed by atoms with Crippen LogP contribution in [0.1, 0.15) is 42.7 Å². The molecule has 1 atom stereocenters. The second-order valence-corrected chi connectivity index (χ2v) is 5.57. The molecule has 0 spiro atoms. The van der Waals surface area contributed by atoms with Crippen molar-refractivity contribution in [3.05, 3.63) is 24.0 Å². The maximum atomic E-state index is 12.2. The van der Waals surface area contributed by atoms with Crippen LogP contribution in [0, 0.1) is 5.92 Å². The Kier molecular flexibility index (Phi) is 5.38. The summed E-state index contributed by atoms with van der Waals surface area (Å²) in [7, 11) is 0. The number of aromatic nitrogens is 1. The highest BCUT2D eigenvalue weighted by Gasteiger charge is 2.20. The van der Waals surface area contributed by atoms with Crippen LogP contribution in [0.2, 0.25) is 0 Å². The summed E-state index contributed by atoms with van der Waals surface area (Å²) in [6, 6.07) is 4.06. The number of carbonyl (C=O) groups excluding carboxylic acids is 1. The van der Waals surface area contributed by atoms with Crippen LogP contribution in [0.3, 0.4) is 0 Å². The van der Waals surface area contributed by atoms with Crippen molar-refractivity contribution in [3.63, 3.8) is 0 Å². The van der Waals surface area contributed by atoms with Gasteiger partial charge >= 0.3 is 5.97 Å². The summed E-state index contributed by atoms with van der Waals surface area (Å²) in [4.78, 5) is 23.0. The Morgan fingerprint density at radius 3 is 2.86 bits per heavy atom. The molecule has 1 aromatic rings. The minimum Gasteiger partial charge on any atom is -0.481 e. The zero-order valence-electron chi connectivity index (χ0n) is 12.3. The number of rotatable bonds is 6. The molecular weight excluding hydrogens is 270 g/mol. The van der Waals surface area contributed by atoms with Crippen LogP contribution >= 0.6 is 0 Å². The van der Waals surface area contributed by atoms with Gasteiger partial charge in [0.1, 0.15) is 5.69 Å². The minimum atomic E-state index is -0.831. The first kappa shape index (κ1) is 15.6. The quantitative estimate of drug-likeness (QED) is 0.737. The first-order chi connectivity index (χ1) is 10.1. The van der Waals surface area contributed by atoms with Gasteiger partial charge in [0.15, 0.2) is 0 Å². The number of aliphatic carboxylic acids is 1. The number of nitrogens with one attached hydrogen (secondary N) is 2. The summed E-state index contributed by atoms with van der Waals surface area (Å²) in [5.74, 6) is -1.40. The Balaban J connectivity index is 1.90. The molecule has 21 heavy (non-hydrogen) atoms. The first-order valence-corrected chi connectivity index (χ1v) is 7.48. The molecule has 2 heterocycles. The van der Waals surface area contributed by atoms with Gasteiger partial charge in [-0.25, -0.2) is 0 Å². The number of carboxylic acid groups (broad SMARTS) is 1. The molecule has 1 saturated heterocycles. The van der Waals surface area contributed by atoms with Gasteiger partial charge < -0.3 is 20.3 Å². The Bertz CT molecular complexity index is 492. The molecule has 0 radical (unpaired) electrons. The number of carboxylic acids is 1. The lowest BCUT2D eigenvalue weighted by Gasteiger charge is -2.26. The van der Waals surface area contributed by atoms with E-state index in [4.69, 9.17) is 5.11 Å². The van der Waals surface area contributed by atoms with Crippen molar-refractivity contribution in [2.24, 2.45) is 5.92 Å². The van der Waals surface area contributed by atoms with E-state index in [0.29, 0.717) is 24.7 Å². The molecule has 0 aliphatic carbocycles. The topological polar surface area (TPSA) is 83.4 Å². The van der Waals surface area contributed by atoms with Gasteiger partial charge in [0.2, 0.25) is 0 Å². The van der Waals surface area contributed by atoms with E-state index in [1.807, 2.05) is 22.9 Å². The molecule has 1 aliphatic heterocycles. The van der Waals surface area contributed by atoms with Crippen molar-refractivity contribution in [1.29, 1.82) is 0 Å². The lowest BCUT2D eigenvalue weighted by Crippen LogP contribution is -2.33. The summed E-state index contributed by atoms with van der Waals surface area (Å²) < 4.78 is 2.04. The summed E-state index contributed by atoms with van der Waals surface area (Å²) in [6.07, 6.45) is 4.43. The third-order valence-electron chi connectivity index (χ3n) is 4.00.